The number of aromatic nitrogens is 1. The van der Waals surface area contributed by atoms with Gasteiger partial charge in [0.2, 0.25) is 0 Å². The summed E-state index contributed by atoms with van der Waals surface area (Å²) in [5.41, 5.74) is 7.86. The van der Waals surface area contributed by atoms with Crippen molar-refractivity contribution in [2.24, 2.45) is 11.7 Å². The van der Waals surface area contributed by atoms with Crippen LogP contribution in [0.3, 0.4) is 0 Å². The van der Waals surface area contributed by atoms with E-state index in [1.807, 2.05) is 6.07 Å². The van der Waals surface area contributed by atoms with Crippen LogP contribution in [-0.2, 0) is 11.3 Å². The van der Waals surface area contributed by atoms with Gasteiger partial charge in [-0.05, 0) is 43.0 Å². The first kappa shape index (κ1) is 12.6. The summed E-state index contributed by atoms with van der Waals surface area (Å²) in [5.74, 6) is 0.722. The van der Waals surface area contributed by atoms with Crippen LogP contribution < -0.4 is 5.73 Å². The fourth-order valence-corrected chi connectivity index (χ4v) is 2.85. The van der Waals surface area contributed by atoms with Crippen molar-refractivity contribution in [3.63, 3.8) is 0 Å². The number of thiocarbonyl (C=S) groups is 1. The van der Waals surface area contributed by atoms with Gasteiger partial charge in [-0.25, -0.2) is 0 Å². The molecule has 100 valence electrons. The molecule has 1 aliphatic heterocycles. The Morgan fingerprint density at radius 1 is 1.32 bits per heavy atom. The average Bonchev–Trinajstić information content (AvgIpc) is 2.82. The van der Waals surface area contributed by atoms with Crippen molar-refractivity contribution in [3.8, 4) is 0 Å². The van der Waals surface area contributed by atoms with Crippen molar-refractivity contribution >= 4 is 28.1 Å². The summed E-state index contributed by atoms with van der Waals surface area (Å²) in [7, 11) is 0. The minimum Gasteiger partial charge on any atom is -0.389 e. The second kappa shape index (κ2) is 5.31. The van der Waals surface area contributed by atoms with Crippen molar-refractivity contribution in [1.29, 1.82) is 0 Å². The van der Waals surface area contributed by atoms with Crippen LogP contribution >= 0.6 is 12.2 Å². The zero-order valence-electron chi connectivity index (χ0n) is 10.8. The Balaban J connectivity index is 1.86. The van der Waals surface area contributed by atoms with Crippen LogP contribution in [0.2, 0.25) is 0 Å². The zero-order valence-corrected chi connectivity index (χ0v) is 11.7. The maximum absolute atomic E-state index is 5.67. The van der Waals surface area contributed by atoms with Crippen LogP contribution in [0.1, 0.15) is 18.4 Å². The van der Waals surface area contributed by atoms with Crippen molar-refractivity contribution < 1.29 is 4.74 Å². The molecule has 1 aromatic heterocycles. The lowest BCUT2D eigenvalue weighted by Crippen LogP contribution is -2.20. The predicted molar refractivity (Wildman–Crippen MR) is 81.4 cm³/mol. The van der Waals surface area contributed by atoms with Crippen LogP contribution in [0, 0.1) is 5.92 Å². The fourth-order valence-electron chi connectivity index (χ4n) is 2.72. The maximum atomic E-state index is 5.67. The van der Waals surface area contributed by atoms with Crippen molar-refractivity contribution in [3.05, 3.63) is 36.0 Å². The summed E-state index contributed by atoms with van der Waals surface area (Å²) < 4.78 is 7.74. The second-order valence-corrected chi connectivity index (χ2v) is 5.60. The number of hydrogen-bond donors (Lipinski definition) is 1. The van der Waals surface area contributed by atoms with E-state index in [1.54, 1.807) is 0 Å². The summed E-state index contributed by atoms with van der Waals surface area (Å²) in [4.78, 5) is 0.457. The fraction of sp³-hybridized carbons (Fsp3) is 0.400. The van der Waals surface area contributed by atoms with Gasteiger partial charge in [-0.3, -0.25) is 0 Å². The third-order valence-electron chi connectivity index (χ3n) is 3.85. The van der Waals surface area contributed by atoms with E-state index in [0.717, 1.165) is 44.1 Å². The smallest absolute Gasteiger partial charge is 0.104 e. The lowest BCUT2D eigenvalue weighted by Gasteiger charge is -2.22. The van der Waals surface area contributed by atoms with Crippen molar-refractivity contribution in [2.45, 2.75) is 19.4 Å². The minimum atomic E-state index is 0.457. The number of nitrogens with two attached hydrogens (primary N) is 1. The van der Waals surface area contributed by atoms with Crippen LogP contribution in [0.25, 0.3) is 10.9 Å². The van der Waals surface area contributed by atoms with E-state index in [4.69, 9.17) is 22.7 Å². The first-order valence-electron chi connectivity index (χ1n) is 6.70. The van der Waals surface area contributed by atoms with Gasteiger partial charge >= 0.3 is 0 Å². The number of nitrogens with zero attached hydrogens (tertiary/aromatic N) is 1. The number of hydrogen-bond acceptors (Lipinski definition) is 2. The number of fused-ring (bicyclic) bond motifs is 1. The molecule has 0 radical (unpaired) electrons. The van der Waals surface area contributed by atoms with Gasteiger partial charge in [-0.1, -0.05) is 12.2 Å². The Hall–Kier alpha value is -1.39. The first-order valence-corrected chi connectivity index (χ1v) is 7.11. The van der Waals surface area contributed by atoms with E-state index >= 15 is 0 Å². The van der Waals surface area contributed by atoms with Crippen LogP contribution in [-0.4, -0.2) is 22.8 Å². The Morgan fingerprint density at radius 2 is 2.11 bits per heavy atom. The molecule has 1 aliphatic rings. The van der Waals surface area contributed by atoms with E-state index in [-0.39, 0.29) is 0 Å². The number of rotatable bonds is 3. The van der Waals surface area contributed by atoms with E-state index in [1.165, 1.54) is 10.9 Å². The molecule has 0 aliphatic carbocycles. The summed E-state index contributed by atoms with van der Waals surface area (Å²) in [5, 5.41) is 1.21. The lowest BCUT2D eigenvalue weighted by atomic mass is 10.0. The molecule has 2 heterocycles. The summed E-state index contributed by atoms with van der Waals surface area (Å²) in [6.07, 6.45) is 4.47. The molecule has 0 spiro atoms. The summed E-state index contributed by atoms with van der Waals surface area (Å²) in [6.45, 7) is 2.87. The third-order valence-corrected chi connectivity index (χ3v) is 4.09. The Bertz CT molecular complexity index is 599. The highest BCUT2D eigenvalue weighted by molar-refractivity contribution is 7.80. The molecule has 0 unspecified atom stereocenters. The van der Waals surface area contributed by atoms with E-state index in [9.17, 15) is 0 Å². The lowest BCUT2D eigenvalue weighted by molar-refractivity contribution is 0.0616. The molecule has 0 atom stereocenters. The number of ether oxygens (including phenoxy) is 1. The molecule has 4 heteroatoms. The summed E-state index contributed by atoms with van der Waals surface area (Å²) >= 11 is 5.02. The van der Waals surface area contributed by atoms with Gasteiger partial charge in [-0.15, -0.1) is 0 Å². The molecule has 0 amide bonds. The molecule has 2 aromatic rings. The molecule has 0 saturated carbocycles. The largest absolute Gasteiger partial charge is 0.389 e. The molecule has 2 N–H and O–H groups in total. The highest BCUT2D eigenvalue weighted by Crippen LogP contribution is 2.22. The molecule has 3 rings (SSSR count). The van der Waals surface area contributed by atoms with Crippen LogP contribution in [0.4, 0.5) is 0 Å². The minimum absolute atomic E-state index is 0.457. The molecular weight excluding hydrogens is 256 g/mol. The van der Waals surface area contributed by atoms with Gasteiger partial charge in [0.1, 0.15) is 4.99 Å². The number of benzene rings is 1. The van der Waals surface area contributed by atoms with Gasteiger partial charge in [0.15, 0.2) is 0 Å². The molecule has 1 fully saturated rings. The maximum Gasteiger partial charge on any atom is 0.104 e. The standard InChI is InChI=1S/C15H18N2OS/c16-15(19)13-1-2-14-12(9-13)3-6-17(14)10-11-4-7-18-8-5-11/h1-3,6,9,11H,4-5,7-8,10H2,(H2,16,19). The van der Waals surface area contributed by atoms with E-state index < -0.39 is 0 Å². The van der Waals surface area contributed by atoms with Crippen LogP contribution in [0.5, 0.6) is 0 Å². The third kappa shape index (κ3) is 2.65. The zero-order chi connectivity index (χ0) is 13.2. The Labute approximate surface area is 118 Å². The van der Waals surface area contributed by atoms with Gasteiger partial charge in [0.25, 0.3) is 0 Å². The van der Waals surface area contributed by atoms with Gasteiger partial charge < -0.3 is 15.0 Å². The Morgan fingerprint density at radius 3 is 2.84 bits per heavy atom. The van der Waals surface area contributed by atoms with Gasteiger partial charge in [0, 0.05) is 42.4 Å². The molecule has 1 saturated heterocycles. The monoisotopic (exact) mass is 274 g/mol. The topological polar surface area (TPSA) is 40.2 Å². The average molecular weight is 274 g/mol. The van der Waals surface area contributed by atoms with Crippen molar-refractivity contribution in [2.75, 3.05) is 13.2 Å². The predicted octanol–water partition coefficient (Wildman–Crippen LogP) is 2.70. The highest BCUT2D eigenvalue weighted by Gasteiger charge is 2.15. The normalized spacial score (nSPS) is 16.8. The molecular formula is C15H18N2OS. The van der Waals surface area contributed by atoms with Crippen LogP contribution in [0.15, 0.2) is 30.5 Å². The van der Waals surface area contributed by atoms with Gasteiger partial charge in [0.05, 0.1) is 0 Å². The Kier molecular flexibility index (Phi) is 3.53. The van der Waals surface area contributed by atoms with E-state index in [0.29, 0.717) is 4.99 Å². The molecule has 1 aromatic carbocycles. The molecule has 3 nitrogen and oxygen atoms in total. The summed E-state index contributed by atoms with van der Waals surface area (Å²) in [6, 6.07) is 8.32. The quantitative estimate of drug-likeness (QED) is 0.875. The first-order chi connectivity index (χ1) is 9.24. The molecule has 19 heavy (non-hydrogen) atoms. The SMILES string of the molecule is NC(=S)c1ccc2c(ccn2CC2CCOCC2)c1. The highest BCUT2D eigenvalue weighted by atomic mass is 32.1. The second-order valence-electron chi connectivity index (χ2n) is 5.16. The van der Waals surface area contributed by atoms with E-state index in [2.05, 4.69) is 29.0 Å². The van der Waals surface area contributed by atoms with Crippen molar-refractivity contribution in [1.82, 2.24) is 4.57 Å². The molecule has 0 bridgehead atoms. The van der Waals surface area contributed by atoms with Gasteiger partial charge in [-0.2, -0.15) is 0 Å².